The molecule has 0 radical (unpaired) electrons. The van der Waals surface area contributed by atoms with E-state index in [2.05, 4.69) is 0 Å². The summed E-state index contributed by atoms with van der Waals surface area (Å²) in [4.78, 5) is 0. The van der Waals surface area contributed by atoms with Crippen LogP contribution in [0.4, 0.5) is 0 Å². The molecule has 60 valence electrons. The standard InChI is InChI=1S/C4H10N2O3S/c5-10(8,9)6-1-4(2-6)3-7/h4,7H,1-3H2,(H2,5,8,9). The number of nitrogens with two attached hydrogens (primary N) is 1. The lowest BCUT2D eigenvalue weighted by atomic mass is 10.1. The fourth-order valence-electron chi connectivity index (χ4n) is 0.846. The Morgan fingerprint density at radius 1 is 1.60 bits per heavy atom. The van der Waals surface area contributed by atoms with E-state index in [1.165, 1.54) is 0 Å². The predicted octanol–water partition coefficient (Wildman–Crippen LogP) is -1.89. The third-order valence-electron chi connectivity index (χ3n) is 1.54. The second-order valence-electron chi connectivity index (χ2n) is 2.41. The first-order valence-corrected chi connectivity index (χ1v) is 4.43. The predicted molar refractivity (Wildman–Crippen MR) is 35.3 cm³/mol. The molecule has 0 spiro atoms. The average molecular weight is 166 g/mol. The SMILES string of the molecule is NS(=O)(=O)N1CC(CO)C1. The molecule has 1 fully saturated rings. The summed E-state index contributed by atoms with van der Waals surface area (Å²) in [6.45, 7) is 0.747. The molecule has 0 aromatic rings. The first-order chi connectivity index (χ1) is 4.54. The Hall–Kier alpha value is -0.170. The molecule has 10 heavy (non-hydrogen) atoms. The van der Waals surface area contributed by atoms with Gasteiger partial charge in [-0.3, -0.25) is 0 Å². The monoisotopic (exact) mass is 166 g/mol. The highest BCUT2D eigenvalue weighted by Crippen LogP contribution is 2.15. The maximum atomic E-state index is 10.5. The summed E-state index contributed by atoms with van der Waals surface area (Å²) >= 11 is 0. The highest BCUT2D eigenvalue weighted by Gasteiger charge is 2.32. The maximum absolute atomic E-state index is 10.5. The fraction of sp³-hybridized carbons (Fsp3) is 1.00. The van der Waals surface area contributed by atoms with E-state index in [4.69, 9.17) is 10.2 Å². The molecule has 3 N–H and O–H groups in total. The molecular weight excluding hydrogens is 156 g/mol. The van der Waals surface area contributed by atoms with Crippen molar-refractivity contribution < 1.29 is 13.5 Å². The summed E-state index contributed by atoms with van der Waals surface area (Å²) < 4.78 is 22.1. The lowest BCUT2D eigenvalue weighted by molar-refractivity contribution is 0.117. The molecule has 0 atom stereocenters. The van der Waals surface area contributed by atoms with Gasteiger partial charge in [-0.25, -0.2) is 5.14 Å². The minimum Gasteiger partial charge on any atom is -0.396 e. The van der Waals surface area contributed by atoms with Gasteiger partial charge in [0, 0.05) is 25.6 Å². The third-order valence-corrected chi connectivity index (χ3v) is 2.56. The van der Waals surface area contributed by atoms with Gasteiger partial charge in [-0.2, -0.15) is 12.7 Å². The van der Waals surface area contributed by atoms with Gasteiger partial charge in [0.1, 0.15) is 0 Å². The van der Waals surface area contributed by atoms with Crippen LogP contribution in [0.1, 0.15) is 0 Å². The quantitative estimate of drug-likeness (QED) is 0.503. The topological polar surface area (TPSA) is 83.6 Å². The van der Waals surface area contributed by atoms with Crippen LogP contribution < -0.4 is 5.14 Å². The van der Waals surface area contributed by atoms with Crippen LogP contribution >= 0.6 is 0 Å². The highest BCUT2D eigenvalue weighted by molar-refractivity contribution is 7.86. The molecule has 1 aliphatic heterocycles. The largest absolute Gasteiger partial charge is 0.396 e. The van der Waals surface area contributed by atoms with E-state index in [1.54, 1.807) is 0 Å². The second-order valence-corrected chi connectivity index (χ2v) is 3.96. The minimum absolute atomic E-state index is 0.0337. The zero-order valence-electron chi connectivity index (χ0n) is 5.40. The number of hydrogen-bond donors (Lipinski definition) is 2. The highest BCUT2D eigenvalue weighted by atomic mass is 32.2. The molecule has 1 saturated heterocycles. The van der Waals surface area contributed by atoms with Crippen LogP contribution in [0, 0.1) is 5.92 Å². The van der Waals surface area contributed by atoms with Crippen molar-refractivity contribution in [3.63, 3.8) is 0 Å². The van der Waals surface area contributed by atoms with Crippen molar-refractivity contribution in [2.45, 2.75) is 0 Å². The molecule has 0 aliphatic carbocycles. The van der Waals surface area contributed by atoms with E-state index < -0.39 is 10.2 Å². The Morgan fingerprint density at radius 2 is 2.10 bits per heavy atom. The Labute approximate surface area is 59.6 Å². The Balaban J connectivity index is 2.41. The molecule has 1 heterocycles. The molecule has 1 aliphatic rings. The lowest BCUT2D eigenvalue weighted by Gasteiger charge is -2.35. The average Bonchev–Trinajstić information content (AvgIpc) is 1.57. The lowest BCUT2D eigenvalue weighted by Crippen LogP contribution is -2.53. The van der Waals surface area contributed by atoms with E-state index >= 15 is 0 Å². The zero-order chi connectivity index (χ0) is 7.78. The first-order valence-electron chi connectivity index (χ1n) is 2.93. The van der Waals surface area contributed by atoms with Crippen LogP contribution in [0.2, 0.25) is 0 Å². The summed E-state index contributed by atoms with van der Waals surface area (Å²) in [7, 11) is -3.49. The van der Waals surface area contributed by atoms with Crippen LogP contribution in [-0.4, -0.2) is 37.5 Å². The molecule has 0 unspecified atom stereocenters. The summed E-state index contributed by atoms with van der Waals surface area (Å²) in [6, 6.07) is 0. The molecule has 0 aromatic heterocycles. The summed E-state index contributed by atoms with van der Waals surface area (Å²) in [5.41, 5.74) is 0. The molecule has 5 nitrogen and oxygen atoms in total. The summed E-state index contributed by atoms with van der Waals surface area (Å²) in [5, 5.41) is 13.3. The molecule has 0 bridgehead atoms. The van der Waals surface area contributed by atoms with E-state index in [1.807, 2.05) is 0 Å². The van der Waals surface area contributed by atoms with Gasteiger partial charge in [-0.15, -0.1) is 0 Å². The van der Waals surface area contributed by atoms with Crippen molar-refractivity contribution in [1.29, 1.82) is 0 Å². The van der Waals surface area contributed by atoms with Crippen LogP contribution in [0.25, 0.3) is 0 Å². The van der Waals surface area contributed by atoms with Crippen molar-refractivity contribution in [2.75, 3.05) is 19.7 Å². The molecule has 6 heteroatoms. The summed E-state index contributed by atoms with van der Waals surface area (Å²) in [6.07, 6.45) is 0. The molecule has 0 saturated carbocycles. The van der Waals surface area contributed by atoms with Gasteiger partial charge in [-0.05, 0) is 0 Å². The van der Waals surface area contributed by atoms with Crippen LogP contribution in [0.15, 0.2) is 0 Å². The normalized spacial score (nSPS) is 22.6. The number of aliphatic hydroxyl groups is 1. The number of aliphatic hydroxyl groups excluding tert-OH is 1. The number of nitrogens with zero attached hydrogens (tertiary/aromatic N) is 1. The Bertz CT molecular complexity index is 207. The van der Waals surface area contributed by atoms with Gasteiger partial charge in [0.2, 0.25) is 0 Å². The van der Waals surface area contributed by atoms with Crippen LogP contribution in [0.5, 0.6) is 0 Å². The van der Waals surface area contributed by atoms with Crippen LogP contribution in [0.3, 0.4) is 0 Å². The van der Waals surface area contributed by atoms with E-state index in [0.717, 1.165) is 4.31 Å². The van der Waals surface area contributed by atoms with Gasteiger partial charge in [0.25, 0.3) is 10.2 Å². The van der Waals surface area contributed by atoms with Gasteiger partial charge in [-0.1, -0.05) is 0 Å². The van der Waals surface area contributed by atoms with Crippen molar-refractivity contribution in [1.82, 2.24) is 4.31 Å². The first kappa shape index (κ1) is 7.93. The molecule has 0 aromatic carbocycles. The van der Waals surface area contributed by atoms with Gasteiger partial charge in [0.05, 0.1) is 0 Å². The van der Waals surface area contributed by atoms with Gasteiger partial charge in [0.15, 0.2) is 0 Å². The Kier molecular flexibility index (Phi) is 1.95. The van der Waals surface area contributed by atoms with Crippen molar-refractivity contribution in [2.24, 2.45) is 11.1 Å². The maximum Gasteiger partial charge on any atom is 0.276 e. The van der Waals surface area contributed by atoms with E-state index in [0.29, 0.717) is 13.1 Å². The fourth-order valence-corrected chi connectivity index (χ4v) is 1.68. The summed E-state index contributed by atoms with van der Waals surface area (Å²) in [5.74, 6) is 0.0818. The molecular formula is C4H10N2O3S. The second kappa shape index (κ2) is 2.46. The van der Waals surface area contributed by atoms with Crippen molar-refractivity contribution in [3.8, 4) is 0 Å². The van der Waals surface area contributed by atoms with E-state index in [-0.39, 0.29) is 12.5 Å². The minimum atomic E-state index is -3.49. The molecule has 1 rings (SSSR count). The van der Waals surface area contributed by atoms with Crippen molar-refractivity contribution in [3.05, 3.63) is 0 Å². The smallest absolute Gasteiger partial charge is 0.276 e. The van der Waals surface area contributed by atoms with E-state index in [9.17, 15) is 8.42 Å². The van der Waals surface area contributed by atoms with Gasteiger partial charge < -0.3 is 5.11 Å². The third kappa shape index (κ3) is 1.46. The Morgan fingerprint density at radius 3 is 2.40 bits per heavy atom. The molecule has 0 amide bonds. The van der Waals surface area contributed by atoms with Crippen molar-refractivity contribution >= 4 is 10.2 Å². The van der Waals surface area contributed by atoms with Crippen LogP contribution in [-0.2, 0) is 10.2 Å². The number of hydrogen-bond acceptors (Lipinski definition) is 3. The number of rotatable bonds is 2. The van der Waals surface area contributed by atoms with Gasteiger partial charge >= 0.3 is 0 Å². The zero-order valence-corrected chi connectivity index (χ0v) is 6.21.